The van der Waals surface area contributed by atoms with Crippen LogP contribution >= 0.6 is 0 Å². The molecule has 0 amide bonds. The Kier molecular flexibility index (Phi) is 6.58. The van der Waals surface area contributed by atoms with Gasteiger partial charge in [0.25, 0.3) is 0 Å². The second kappa shape index (κ2) is 7.57. The van der Waals surface area contributed by atoms with Crippen LogP contribution < -0.4 is 30.1 Å². The van der Waals surface area contributed by atoms with Crippen LogP contribution in [0.4, 0.5) is 0 Å². The highest BCUT2D eigenvalue weighted by atomic mass is 35.5. The Labute approximate surface area is 143 Å². The van der Waals surface area contributed by atoms with Crippen LogP contribution in [0.15, 0.2) is 41.6 Å². The van der Waals surface area contributed by atoms with E-state index in [4.69, 9.17) is 0 Å². The molecule has 1 aliphatic heterocycles. The first-order chi connectivity index (χ1) is 9.59. The lowest BCUT2D eigenvalue weighted by Crippen LogP contribution is -3.00. The topological polar surface area (TPSA) is 62.3 Å². The molecular formula is C14H17Cl2N3O2S-2. The SMILES string of the molecule is CC1CN(S(=O)(=O)c2cccc3cnccc23)CCN1.[Cl-].[Cl-]. The van der Waals surface area contributed by atoms with E-state index >= 15 is 0 Å². The van der Waals surface area contributed by atoms with Crippen molar-refractivity contribution in [3.63, 3.8) is 0 Å². The number of hydrogen-bond acceptors (Lipinski definition) is 4. The molecule has 0 aliphatic carbocycles. The van der Waals surface area contributed by atoms with E-state index in [2.05, 4.69) is 10.3 Å². The van der Waals surface area contributed by atoms with Crippen molar-refractivity contribution in [2.75, 3.05) is 19.6 Å². The molecule has 122 valence electrons. The van der Waals surface area contributed by atoms with Gasteiger partial charge >= 0.3 is 0 Å². The van der Waals surface area contributed by atoms with Gasteiger partial charge in [0, 0.05) is 48.8 Å². The van der Waals surface area contributed by atoms with Crippen LogP contribution in [-0.2, 0) is 10.0 Å². The third kappa shape index (κ3) is 3.52. The third-order valence-corrected chi connectivity index (χ3v) is 5.51. The van der Waals surface area contributed by atoms with E-state index in [9.17, 15) is 8.42 Å². The standard InChI is InChI=1S/C14H17N3O2S.2ClH/c1-11-10-17(8-7-16-11)20(18,19)14-4-2-3-12-9-15-6-5-13(12)14;;/h2-6,9,11,16H,7-8,10H2,1H3;2*1H/p-2. The van der Waals surface area contributed by atoms with Crippen LogP contribution in [0.2, 0.25) is 0 Å². The lowest BCUT2D eigenvalue weighted by Gasteiger charge is -2.31. The summed E-state index contributed by atoms with van der Waals surface area (Å²) in [7, 11) is -3.46. The molecule has 1 unspecified atom stereocenters. The van der Waals surface area contributed by atoms with Gasteiger partial charge in [0.05, 0.1) is 4.90 Å². The van der Waals surface area contributed by atoms with Crippen molar-refractivity contribution < 1.29 is 33.2 Å². The van der Waals surface area contributed by atoms with Crippen LogP contribution in [0.5, 0.6) is 0 Å². The molecule has 0 bridgehead atoms. The Morgan fingerprint density at radius 1 is 1.27 bits per heavy atom. The van der Waals surface area contributed by atoms with Gasteiger partial charge in [0.2, 0.25) is 10.0 Å². The average molecular weight is 362 g/mol. The molecular weight excluding hydrogens is 345 g/mol. The summed E-state index contributed by atoms with van der Waals surface area (Å²) in [5, 5.41) is 4.83. The summed E-state index contributed by atoms with van der Waals surface area (Å²) >= 11 is 0. The molecule has 1 aromatic carbocycles. The summed E-state index contributed by atoms with van der Waals surface area (Å²) in [6.07, 6.45) is 3.32. The number of piperazine rings is 1. The molecule has 1 atom stereocenters. The first kappa shape index (κ1) is 19.1. The number of rotatable bonds is 2. The summed E-state index contributed by atoms with van der Waals surface area (Å²) in [4.78, 5) is 4.41. The molecule has 1 N–H and O–H groups in total. The number of hydrogen-bond donors (Lipinski definition) is 1. The molecule has 1 aliphatic rings. The number of nitrogens with zero attached hydrogens (tertiary/aromatic N) is 2. The molecule has 1 saturated heterocycles. The first-order valence-corrected chi connectivity index (χ1v) is 8.09. The third-order valence-electron chi connectivity index (χ3n) is 3.59. The molecule has 22 heavy (non-hydrogen) atoms. The summed E-state index contributed by atoms with van der Waals surface area (Å²) < 4.78 is 27.2. The normalized spacial score (nSPS) is 19.2. The van der Waals surface area contributed by atoms with E-state index in [1.165, 1.54) is 0 Å². The Morgan fingerprint density at radius 2 is 2.05 bits per heavy atom. The molecule has 0 spiro atoms. The number of sulfonamides is 1. The zero-order chi connectivity index (χ0) is 14.2. The minimum Gasteiger partial charge on any atom is -1.00 e. The minimum atomic E-state index is -3.46. The maximum Gasteiger partial charge on any atom is 0.243 e. The number of halogens is 2. The van der Waals surface area contributed by atoms with Crippen molar-refractivity contribution in [2.24, 2.45) is 0 Å². The van der Waals surface area contributed by atoms with Gasteiger partial charge in [-0.15, -0.1) is 0 Å². The number of aromatic nitrogens is 1. The number of nitrogens with one attached hydrogen (secondary N) is 1. The number of benzene rings is 1. The summed E-state index contributed by atoms with van der Waals surface area (Å²) in [5.41, 5.74) is 0. The van der Waals surface area contributed by atoms with Crippen molar-refractivity contribution in [3.05, 3.63) is 36.7 Å². The van der Waals surface area contributed by atoms with Gasteiger partial charge in [-0.1, -0.05) is 12.1 Å². The largest absolute Gasteiger partial charge is 1.00 e. The number of fused-ring (bicyclic) bond motifs is 1. The van der Waals surface area contributed by atoms with Gasteiger partial charge in [-0.3, -0.25) is 4.98 Å². The zero-order valence-electron chi connectivity index (χ0n) is 12.0. The minimum absolute atomic E-state index is 0. The molecule has 1 fully saturated rings. The van der Waals surface area contributed by atoms with Crippen molar-refractivity contribution in [1.29, 1.82) is 0 Å². The van der Waals surface area contributed by atoms with Gasteiger partial charge < -0.3 is 30.1 Å². The zero-order valence-corrected chi connectivity index (χ0v) is 14.4. The second-order valence-corrected chi connectivity index (χ2v) is 6.98. The smallest absolute Gasteiger partial charge is 0.243 e. The molecule has 0 saturated carbocycles. The van der Waals surface area contributed by atoms with Crippen LogP contribution in [0.1, 0.15) is 6.92 Å². The summed E-state index contributed by atoms with van der Waals surface area (Å²) in [5.74, 6) is 0. The van der Waals surface area contributed by atoms with E-state index in [1.807, 2.05) is 13.0 Å². The van der Waals surface area contributed by atoms with Crippen molar-refractivity contribution >= 4 is 20.8 Å². The highest BCUT2D eigenvalue weighted by Crippen LogP contribution is 2.25. The fourth-order valence-corrected chi connectivity index (χ4v) is 4.32. The lowest BCUT2D eigenvalue weighted by atomic mass is 10.2. The van der Waals surface area contributed by atoms with Crippen LogP contribution in [-0.4, -0.2) is 43.4 Å². The highest BCUT2D eigenvalue weighted by molar-refractivity contribution is 7.89. The van der Waals surface area contributed by atoms with Crippen molar-refractivity contribution in [1.82, 2.24) is 14.6 Å². The Bertz CT molecular complexity index is 734. The number of pyridine rings is 1. The van der Waals surface area contributed by atoms with Crippen molar-refractivity contribution in [2.45, 2.75) is 17.9 Å². The van der Waals surface area contributed by atoms with E-state index < -0.39 is 10.0 Å². The molecule has 3 rings (SSSR count). The van der Waals surface area contributed by atoms with E-state index in [1.54, 1.807) is 34.9 Å². The average Bonchev–Trinajstić information content (AvgIpc) is 2.46. The van der Waals surface area contributed by atoms with Crippen molar-refractivity contribution in [3.8, 4) is 0 Å². The lowest BCUT2D eigenvalue weighted by molar-refractivity contribution is -0.00100. The Balaban J connectivity index is 0.00000121. The molecule has 0 radical (unpaired) electrons. The maximum atomic E-state index is 12.8. The maximum absolute atomic E-state index is 12.8. The first-order valence-electron chi connectivity index (χ1n) is 6.65. The predicted octanol–water partition coefficient (Wildman–Crippen LogP) is -4.77. The van der Waals surface area contributed by atoms with Gasteiger partial charge in [0.1, 0.15) is 0 Å². The Morgan fingerprint density at radius 3 is 2.77 bits per heavy atom. The van der Waals surface area contributed by atoms with E-state index in [-0.39, 0.29) is 30.9 Å². The van der Waals surface area contributed by atoms with Gasteiger partial charge in [0.15, 0.2) is 0 Å². The fourth-order valence-electron chi connectivity index (χ4n) is 2.57. The van der Waals surface area contributed by atoms with Gasteiger partial charge in [-0.25, -0.2) is 8.42 Å². The fraction of sp³-hybridized carbons (Fsp3) is 0.357. The summed E-state index contributed by atoms with van der Waals surface area (Å²) in [6.45, 7) is 3.69. The van der Waals surface area contributed by atoms with Gasteiger partial charge in [-0.2, -0.15) is 4.31 Å². The van der Waals surface area contributed by atoms with E-state index in [0.717, 1.165) is 10.8 Å². The quantitative estimate of drug-likeness (QED) is 0.583. The van der Waals surface area contributed by atoms with Crippen LogP contribution in [0, 0.1) is 0 Å². The molecule has 1 aromatic heterocycles. The van der Waals surface area contributed by atoms with Gasteiger partial charge in [-0.05, 0) is 19.1 Å². The molecule has 5 nitrogen and oxygen atoms in total. The van der Waals surface area contributed by atoms with Crippen LogP contribution in [0.3, 0.4) is 0 Å². The van der Waals surface area contributed by atoms with Crippen LogP contribution in [0.25, 0.3) is 10.8 Å². The highest BCUT2D eigenvalue weighted by Gasteiger charge is 2.29. The predicted molar refractivity (Wildman–Crippen MR) is 78.0 cm³/mol. The Hall–Kier alpha value is -0.920. The molecule has 2 aromatic rings. The monoisotopic (exact) mass is 361 g/mol. The summed E-state index contributed by atoms with van der Waals surface area (Å²) in [6, 6.07) is 7.25. The molecule has 2 heterocycles. The second-order valence-electron chi connectivity index (χ2n) is 5.07. The molecule has 8 heteroatoms. The van der Waals surface area contributed by atoms with E-state index in [0.29, 0.717) is 24.5 Å².